The summed E-state index contributed by atoms with van der Waals surface area (Å²) >= 11 is 0. The fraction of sp³-hybridized carbons (Fsp3) is 0.882. The van der Waals surface area contributed by atoms with Crippen molar-refractivity contribution in [1.82, 2.24) is 15.5 Å². The molecule has 130 valence electrons. The molecular formula is C17H36N4O. The Kier molecular flexibility index (Phi) is 9.86. The number of guanidine groups is 1. The summed E-state index contributed by atoms with van der Waals surface area (Å²) in [5.41, 5.74) is -0.204. The Labute approximate surface area is 136 Å². The molecule has 2 N–H and O–H groups in total. The Morgan fingerprint density at radius 2 is 1.86 bits per heavy atom. The van der Waals surface area contributed by atoms with Crippen molar-refractivity contribution >= 4 is 11.9 Å². The Morgan fingerprint density at radius 3 is 2.36 bits per heavy atom. The lowest BCUT2D eigenvalue weighted by Gasteiger charge is -2.25. The molecule has 0 saturated carbocycles. The van der Waals surface area contributed by atoms with Crippen LogP contribution in [-0.2, 0) is 4.79 Å². The molecule has 0 saturated heterocycles. The lowest BCUT2D eigenvalue weighted by atomic mass is 10.1. The van der Waals surface area contributed by atoms with Crippen LogP contribution in [0.25, 0.3) is 0 Å². The van der Waals surface area contributed by atoms with Crippen LogP contribution in [0.15, 0.2) is 4.99 Å². The lowest BCUT2D eigenvalue weighted by Crippen LogP contribution is -2.48. The highest BCUT2D eigenvalue weighted by atomic mass is 16.2. The van der Waals surface area contributed by atoms with Crippen molar-refractivity contribution in [3.8, 4) is 0 Å². The van der Waals surface area contributed by atoms with Gasteiger partial charge >= 0.3 is 0 Å². The zero-order valence-corrected chi connectivity index (χ0v) is 15.6. The number of rotatable bonds is 8. The van der Waals surface area contributed by atoms with Crippen molar-refractivity contribution in [2.45, 2.75) is 66.3 Å². The zero-order valence-electron chi connectivity index (χ0n) is 15.6. The number of carbonyl (C=O) groups excluding carboxylic acids is 1. The zero-order chi connectivity index (χ0) is 17.2. The SMILES string of the molecule is CCNC(=NCCCCC(C)C)N(C)CC(=O)NC(C)(C)C. The number of amides is 1. The van der Waals surface area contributed by atoms with Crippen molar-refractivity contribution in [1.29, 1.82) is 0 Å². The minimum atomic E-state index is -0.204. The summed E-state index contributed by atoms with van der Waals surface area (Å²) in [6.45, 7) is 14.4. The van der Waals surface area contributed by atoms with Crippen LogP contribution < -0.4 is 10.6 Å². The van der Waals surface area contributed by atoms with E-state index in [1.807, 2.05) is 39.6 Å². The first-order valence-corrected chi connectivity index (χ1v) is 8.46. The van der Waals surface area contributed by atoms with Crippen LogP contribution in [0.3, 0.4) is 0 Å². The van der Waals surface area contributed by atoms with E-state index in [4.69, 9.17) is 0 Å². The van der Waals surface area contributed by atoms with Gasteiger partial charge in [-0.25, -0.2) is 0 Å². The second kappa shape index (κ2) is 10.5. The summed E-state index contributed by atoms with van der Waals surface area (Å²) in [6, 6.07) is 0. The van der Waals surface area contributed by atoms with Crippen molar-refractivity contribution in [3.05, 3.63) is 0 Å². The van der Waals surface area contributed by atoms with E-state index < -0.39 is 0 Å². The summed E-state index contributed by atoms with van der Waals surface area (Å²) in [5.74, 6) is 1.57. The van der Waals surface area contributed by atoms with Gasteiger partial charge in [0, 0.05) is 25.7 Å². The molecule has 0 aromatic rings. The fourth-order valence-electron chi connectivity index (χ4n) is 2.07. The molecule has 0 radical (unpaired) electrons. The third-order valence-corrected chi connectivity index (χ3v) is 3.04. The molecule has 0 aliphatic carbocycles. The molecule has 0 atom stereocenters. The van der Waals surface area contributed by atoms with E-state index >= 15 is 0 Å². The first-order valence-electron chi connectivity index (χ1n) is 8.46. The van der Waals surface area contributed by atoms with E-state index in [1.165, 1.54) is 12.8 Å². The molecule has 0 rings (SSSR count). The summed E-state index contributed by atoms with van der Waals surface area (Å²) in [5, 5.41) is 6.22. The van der Waals surface area contributed by atoms with Gasteiger partial charge in [-0.3, -0.25) is 9.79 Å². The van der Waals surface area contributed by atoms with Crippen LogP contribution >= 0.6 is 0 Å². The summed E-state index contributed by atoms with van der Waals surface area (Å²) < 4.78 is 0. The maximum absolute atomic E-state index is 12.0. The predicted octanol–water partition coefficient (Wildman–Crippen LogP) is 2.62. The number of nitrogens with one attached hydrogen (secondary N) is 2. The molecule has 0 aliphatic heterocycles. The van der Waals surface area contributed by atoms with Crippen LogP contribution in [0.1, 0.15) is 60.8 Å². The molecule has 5 nitrogen and oxygen atoms in total. The normalized spacial score (nSPS) is 12.5. The van der Waals surface area contributed by atoms with Gasteiger partial charge in [0.05, 0.1) is 6.54 Å². The van der Waals surface area contributed by atoms with Crippen molar-refractivity contribution in [2.75, 3.05) is 26.7 Å². The number of nitrogens with zero attached hydrogens (tertiary/aromatic N) is 2. The molecule has 1 amide bonds. The average Bonchev–Trinajstić information content (AvgIpc) is 2.34. The smallest absolute Gasteiger partial charge is 0.240 e. The van der Waals surface area contributed by atoms with E-state index in [2.05, 4.69) is 29.5 Å². The maximum atomic E-state index is 12.0. The van der Waals surface area contributed by atoms with Gasteiger partial charge in [-0.15, -0.1) is 0 Å². The Bertz CT molecular complexity index is 345. The standard InChI is InChI=1S/C17H36N4O/c1-8-18-16(19-12-10-9-11-14(2)3)21(7)13-15(22)20-17(4,5)6/h14H,8-13H2,1-7H3,(H,18,19)(H,20,22). The van der Waals surface area contributed by atoms with Gasteiger partial charge < -0.3 is 15.5 Å². The highest BCUT2D eigenvalue weighted by Crippen LogP contribution is 2.06. The van der Waals surface area contributed by atoms with E-state index in [1.54, 1.807) is 0 Å². The molecule has 22 heavy (non-hydrogen) atoms. The number of aliphatic imine (C=N–C) groups is 1. The Morgan fingerprint density at radius 1 is 1.23 bits per heavy atom. The molecule has 0 heterocycles. The van der Waals surface area contributed by atoms with Crippen LogP contribution in [0.2, 0.25) is 0 Å². The third kappa shape index (κ3) is 11.4. The predicted molar refractivity (Wildman–Crippen MR) is 95.2 cm³/mol. The molecule has 0 spiro atoms. The van der Waals surface area contributed by atoms with E-state index in [0.29, 0.717) is 6.54 Å². The van der Waals surface area contributed by atoms with E-state index in [9.17, 15) is 4.79 Å². The molecule has 0 unspecified atom stereocenters. The van der Waals surface area contributed by atoms with E-state index in [0.717, 1.165) is 31.4 Å². The highest BCUT2D eigenvalue weighted by molar-refractivity contribution is 5.86. The van der Waals surface area contributed by atoms with Crippen molar-refractivity contribution in [3.63, 3.8) is 0 Å². The minimum Gasteiger partial charge on any atom is -0.357 e. The monoisotopic (exact) mass is 312 g/mol. The van der Waals surface area contributed by atoms with Gasteiger partial charge in [0.15, 0.2) is 5.96 Å². The summed E-state index contributed by atoms with van der Waals surface area (Å²) in [4.78, 5) is 18.5. The Hall–Kier alpha value is -1.26. The molecule has 0 aromatic carbocycles. The topological polar surface area (TPSA) is 56.7 Å². The molecular weight excluding hydrogens is 276 g/mol. The van der Waals surface area contributed by atoms with Gasteiger partial charge in [-0.2, -0.15) is 0 Å². The number of likely N-dealkylation sites (N-methyl/N-ethyl adjacent to an activating group) is 1. The number of hydrogen-bond acceptors (Lipinski definition) is 2. The lowest BCUT2D eigenvalue weighted by molar-refractivity contribution is -0.122. The second-order valence-electron chi connectivity index (χ2n) is 7.28. The van der Waals surface area contributed by atoms with Gasteiger partial charge in [0.1, 0.15) is 0 Å². The maximum Gasteiger partial charge on any atom is 0.240 e. The molecule has 0 fully saturated rings. The molecule has 0 aliphatic rings. The minimum absolute atomic E-state index is 0.0143. The Balaban J connectivity index is 4.37. The van der Waals surface area contributed by atoms with Crippen LogP contribution in [-0.4, -0.2) is 49.0 Å². The highest BCUT2D eigenvalue weighted by Gasteiger charge is 2.16. The summed E-state index contributed by atoms with van der Waals surface area (Å²) in [6.07, 6.45) is 3.54. The van der Waals surface area contributed by atoms with Gasteiger partial charge in [-0.05, 0) is 40.0 Å². The number of carbonyl (C=O) groups is 1. The fourth-order valence-corrected chi connectivity index (χ4v) is 2.07. The third-order valence-electron chi connectivity index (χ3n) is 3.04. The quantitative estimate of drug-likeness (QED) is 0.411. The van der Waals surface area contributed by atoms with E-state index in [-0.39, 0.29) is 11.4 Å². The van der Waals surface area contributed by atoms with Gasteiger partial charge in [0.25, 0.3) is 0 Å². The van der Waals surface area contributed by atoms with Crippen LogP contribution in [0, 0.1) is 5.92 Å². The first-order chi connectivity index (χ1) is 10.2. The largest absolute Gasteiger partial charge is 0.357 e. The summed E-state index contributed by atoms with van der Waals surface area (Å²) in [7, 11) is 1.90. The van der Waals surface area contributed by atoms with Crippen molar-refractivity contribution < 1.29 is 4.79 Å². The average molecular weight is 313 g/mol. The van der Waals surface area contributed by atoms with Crippen LogP contribution in [0.5, 0.6) is 0 Å². The first kappa shape index (κ1) is 20.7. The number of hydrogen-bond donors (Lipinski definition) is 2. The van der Waals surface area contributed by atoms with Crippen LogP contribution in [0.4, 0.5) is 0 Å². The second-order valence-corrected chi connectivity index (χ2v) is 7.28. The van der Waals surface area contributed by atoms with Crippen molar-refractivity contribution in [2.24, 2.45) is 10.9 Å². The van der Waals surface area contributed by atoms with Gasteiger partial charge in [-0.1, -0.05) is 26.7 Å². The molecule has 5 heteroatoms. The molecule has 0 aromatic heterocycles. The number of unbranched alkanes of at least 4 members (excludes halogenated alkanes) is 1. The molecule has 0 bridgehead atoms. The van der Waals surface area contributed by atoms with Gasteiger partial charge in [0.2, 0.25) is 5.91 Å².